The first-order valence-electron chi connectivity index (χ1n) is 5.88. The van der Waals surface area contributed by atoms with Crippen molar-refractivity contribution in [3.8, 4) is 0 Å². The quantitative estimate of drug-likeness (QED) is 0.735. The first-order valence-corrected chi connectivity index (χ1v) is 7.36. The molecular formula is C13H13N3O4S. The molecule has 0 bridgehead atoms. The van der Waals surface area contributed by atoms with Gasteiger partial charge in [-0.2, -0.15) is 0 Å². The highest BCUT2D eigenvalue weighted by molar-refractivity contribution is 7.92. The number of hydrogen-bond acceptors (Lipinski definition) is 5. The minimum atomic E-state index is -4.05. The van der Waals surface area contributed by atoms with Gasteiger partial charge in [0.1, 0.15) is 4.90 Å². The number of nitrogen functional groups attached to an aromatic ring is 1. The van der Waals surface area contributed by atoms with Crippen molar-refractivity contribution in [3.63, 3.8) is 0 Å². The number of nitrogens with zero attached hydrogens (tertiary/aromatic N) is 1. The maximum atomic E-state index is 12.3. The SMILES string of the molecule is Cc1ccc(NS(=O)(=O)c2ccc(N)cc2C(=O)O)cn1. The summed E-state index contributed by atoms with van der Waals surface area (Å²) in [4.78, 5) is 14.8. The lowest BCUT2D eigenvalue weighted by molar-refractivity contribution is 0.0692. The van der Waals surface area contributed by atoms with Crippen LogP contribution >= 0.6 is 0 Å². The number of nitrogens with two attached hydrogens (primary N) is 1. The number of nitrogens with one attached hydrogen (secondary N) is 1. The third-order valence-corrected chi connectivity index (χ3v) is 4.13. The summed E-state index contributed by atoms with van der Waals surface area (Å²) in [5.74, 6) is -1.37. The van der Waals surface area contributed by atoms with Gasteiger partial charge in [0.25, 0.3) is 10.0 Å². The Morgan fingerprint density at radius 3 is 2.57 bits per heavy atom. The third-order valence-electron chi connectivity index (χ3n) is 2.69. The molecule has 2 rings (SSSR count). The topological polar surface area (TPSA) is 122 Å². The molecule has 8 heteroatoms. The number of aromatic carboxylic acids is 1. The normalized spacial score (nSPS) is 11.1. The number of pyridine rings is 1. The number of aromatic nitrogens is 1. The van der Waals surface area contributed by atoms with Crippen LogP contribution in [-0.2, 0) is 10.0 Å². The van der Waals surface area contributed by atoms with Gasteiger partial charge in [-0.1, -0.05) is 0 Å². The smallest absolute Gasteiger partial charge is 0.337 e. The van der Waals surface area contributed by atoms with Gasteiger partial charge < -0.3 is 10.8 Å². The molecule has 0 aliphatic heterocycles. The molecule has 0 aliphatic carbocycles. The molecule has 0 unspecified atom stereocenters. The zero-order valence-corrected chi connectivity index (χ0v) is 11.9. The van der Waals surface area contributed by atoms with Gasteiger partial charge in [-0.05, 0) is 37.3 Å². The molecular weight excluding hydrogens is 294 g/mol. The van der Waals surface area contributed by atoms with E-state index >= 15 is 0 Å². The van der Waals surface area contributed by atoms with E-state index in [1.54, 1.807) is 13.0 Å². The number of sulfonamides is 1. The summed E-state index contributed by atoms with van der Waals surface area (Å²) < 4.78 is 26.8. The molecule has 1 aromatic carbocycles. The Hall–Kier alpha value is -2.61. The molecule has 0 fully saturated rings. The van der Waals surface area contributed by atoms with Crippen LogP contribution in [-0.4, -0.2) is 24.5 Å². The van der Waals surface area contributed by atoms with E-state index in [0.29, 0.717) is 0 Å². The molecule has 0 amide bonds. The van der Waals surface area contributed by atoms with E-state index in [1.807, 2.05) is 0 Å². The van der Waals surface area contributed by atoms with Gasteiger partial charge >= 0.3 is 5.97 Å². The number of carbonyl (C=O) groups is 1. The zero-order valence-electron chi connectivity index (χ0n) is 11.1. The van der Waals surface area contributed by atoms with Gasteiger partial charge in [-0.25, -0.2) is 13.2 Å². The van der Waals surface area contributed by atoms with Crippen molar-refractivity contribution in [1.29, 1.82) is 0 Å². The molecule has 2 aromatic rings. The van der Waals surface area contributed by atoms with Gasteiger partial charge in [0, 0.05) is 11.4 Å². The van der Waals surface area contributed by atoms with E-state index < -0.39 is 16.0 Å². The predicted molar refractivity (Wildman–Crippen MR) is 77.6 cm³/mol. The zero-order chi connectivity index (χ0) is 15.6. The van der Waals surface area contributed by atoms with Crippen LogP contribution in [0.15, 0.2) is 41.4 Å². The molecule has 0 spiro atoms. The fourth-order valence-corrected chi connectivity index (χ4v) is 2.91. The lowest BCUT2D eigenvalue weighted by Crippen LogP contribution is -2.17. The lowest BCUT2D eigenvalue weighted by atomic mass is 10.2. The Morgan fingerprint density at radius 1 is 1.29 bits per heavy atom. The van der Waals surface area contributed by atoms with Crippen LogP contribution < -0.4 is 10.5 Å². The summed E-state index contributed by atoms with van der Waals surface area (Å²) in [6.45, 7) is 1.76. The number of benzene rings is 1. The number of carboxylic acid groups (broad SMARTS) is 1. The fraction of sp³-hybridized carbons (Fsp3) is 0.0769. The maximum absolute atomic E-state index is 12.3. The summed E-state index contributed by atoms with van der Waals surface area (Å²) in [6.07, 6.45) is 1.35. The van der Waals surface area contributed by atoms with Crippen molar-refractivity contribution < 1.29 is 18.3 Å². The number of hydrogen-bond donors (Lipinski definition) is 3. The number of carboxylic acids is 1. The molecule has 4 N–H and O–H groups in total. The summed E-state index contributed by atoms with van der Waals surface area (Å²) in [6, 6.07) is 6.76. The summed E-state index contributed by atoms with van der Waals surface area (Å²) in [7, 11) is -4.05. The highest BCUT2D eigenvalue weighted by atomic mass is 32.2. The molecule has 0 aliphatic rings. The second-order valence-corrected chi connectivity index (χ2v) is 6.01. The Bertz CT molecular complexity index is 786. The minimum absolute atomic E-state index is 0.170. The fourth-order valence-electron chi connectivity index (χ4n) is 1.69. The Labute approximate surface area is 121 Å². The van der Waals surface area contributed by atoms with Crippen LogP contribution in [0.4, 0.5) is 11.4 Å². The largest absolute Gasteiger partial charge is 0.478 e. The highest BCUT2D eigenvalue weighted by Crippen LogP contribution is 2.21. The molecule has 0 atom stereocenters. The van der Waals surface area contributed by atoms with Crippen LogP contribution in [0.3, 0.4) is 0 Å². The maximum Gasteiger partial charge on any atom is 0.337 e. The van der Waals surface area contributed by atoms with Crippen LogP contribution in [0.25, 0.3) is 0 Å². The Balaban J connectivity index is 2.44. The second kappa shape index (κ2) is 5.41. The average Bonchev–Trinajstić information content (AvgIpc) is 2.40. The Morgan fingerprint density at radius 2 is 2.00 bits per heavy atom. The average molecular weight is 307 g/mol. The van der Waals surface area contributed by atoms with E-state index in [-0.39, 0.29) is 21.8 Å². The third kappa shape index (κ3) is 3.29. The summed E-state index contributed by atoms with van der Waals surface area (Å²) in [5.41, 5.74) is 6.25. The van der Waals surface area contributed by atoms with Crippen molar-refractivity contribution in [3.05, 3.63) is 47.8 Å². The van der Waals surface area contributed by atoms with Crippen molar-refractivity contribution >= 4 is 27.4 Å². The van der Waals surface area contributed by atoms with E-state index in [9.17, 15) is 13.2 Å². The molecule has 21 heavy (non-hydrogen) atoms. The van der Waals surface area contributed by atoms with Crippen molar-refractivity contribution in [2.24, 2.45) is 0 Å². The Kier molecular flexibility index (Phi) is 3.81. The molecule has 0 saturated carbocycles. The van der Waals surface area contributed by atoms with Crippen LogP contribution in [0.1, 0.15) is 16.1 Å². The van der Waals surface area contributed by atoms with Crippen molar-refractivity contribution in [2.45, 2.75) is 11.8 Å². The van der Waals surface area contributed by atoms with E-state index in [2.05, 4.69) is 9.71 Å². The predicted octanol–water partition coefficient (Wildman–Crippen LogP) is 1.47. The van der Waals surface area contributed by atoms with E-state index in [4.69, 9.17) is 10.8 Å². The van der Waals surface area contributed by atoms with Gasteiger partial charge in [0.15, 0.2) is 0 Å². The van der Waals surface area contributed by atoms with Gasteiger partial charge in [0.2, 0.25) is 0 Å². The first-order chi connectivity index (χ1) is 9.79. The molecule has 1 aromatic heterocycles. The van der Waals surface area contributed by atoms with Gasteiger partial charge in [-0.3, -0.25) is 9.71 Å². The van der Waals surface area contributed by atoms with Crippen molar-refractivity contribution in [2.75, 3.05) is 10.5 Å². The van der Waals surface area contributed by atoms with Gasteiger partial charge in [0.05, 0.1) is 17.4 Å². The molecule has 1 heterocycles. The first kappa shape index (κ1) is 14.8. The second-order valence-electron chi connectivity index (χ2n) is 4.35. The lowest BCUT2D eigenvalue weighted by Gasteiger charge is -2.10. The monoisotopic (exact) mass is 307 g/mol. The van der Waals surface area contributed by atoms with E-state index in [0.717, 1.165) is 17.8 Å². The number of anilines is 2. The van der Waals surface area contributed by atoms with E-state index in [1.165, 1.54) is 18.3 Å². The van der Waals surface area contributed by atoms with Crippen molar-refractivity contribution in [1.82, 2.24) is 4.98 Å². The van der Waals surface area contributed by atoms with Crippen LogP contribution in [0.2, 0.25) is 0 Å². The highest BCUT2D eigenvalue weighted by Gasteiger charge is 2.22. The summed E-state index contributed by atoms with van der Waals surface area (Å²) >= 11 is 0. The summed E-state index contributed by atoms with van der Waals surface area (Å²) in [5, 5.41) is 9.10. The standard InChI is InChI=1S/C13H13N3O4S/c1-8-2-4-10(7-15-8)16-21(19,20)12-5-3-9(14)6-11(12)13(17)18/h2-7,16H,14H2,1H3,(H,17,18). The number of aryl methyl sites for hydroxylation is 1. The molecule has 7 nitrogen and oxygen atoms in total. The molecule has 0 radical (unpaired) electrons. The van der Waals surface area contributed by atoms with Gasteiger partial charge in [-0.15, -0.1) is 0 Å². The minimum Gasteiger partial charge on any atom is -0.478 e. The number of rotatable bonds is 4. The van der Waals surface area contributed by atoms with Crippen LogP contribution in [0, 0.1) is 6.92 Å². The molecule has 110 valence electrons. The van der Waals surface area contributed by atoms with Crippen LogP contribution in [0.5, 0.6) is 0 Å². The molecule has 0 saturated heterocycles.